The third-order valence-corrected chi connectivity index (χ3v) is 4.63. The van der Waals surface area contributed by atoms with Crippen LogP contribution in [-0.4, -0.2) is 24.9 Å². The van der Waals surface area contributed by atoms with Gasteiger partial charge in [-0.1, -0.05) is 11.6 Å². The zero-order chi connectivity index (χ0) is 14.6. The Hall–Kier alpha value is -1.57. The van der Waals surface area contributed by atoms with Gasteiger partial charge in [0.05, 0.1) is 5.02 Å². The quantitative estimate of drug-likeness (QED) is 0.556. The summed E-state index contributed by atoms with van der Waals surface area (Å²) in [6.07, 6.45) is 4.70. The zero-order valence-corrected chi connectivity index (χ0v) is 12.2. The standard InChI is InChI=1S/C12H15ClN4O2S/c13-10-8-9(14)3-4-11(10)20(18,19)17-5-1-2-12-15-6-7-16-12/h3-4,6-8,17H,1-2,5,14H2,(H,15,16). The van der Waals surface area contributed by atoms with E-state index < -0.39 is 10.0 Å². The number of rotatable bonds is 6. The van der Waals surface area contributed by atoms with Gasteiger partial charge in [-0.15, -0.1) is 0 Å². The molecule has 20 heavy (non-hydrogen) atoms. The minimum Gasteiger partial charge on any atom is -0.399 e. The van der Waals surface area contributed by atoms with Gasteiger partial charge in [0, 0.05) is 31.0 Å². The number of hydrogen-bond acceptors (Lipinski definition) is 4. The number of aromatic nitrogens is 2. The number of H-pyrrole nitrogens is 1. The first-order valence-electron chi connectivity index (χ1n) is 6.02. The van der Waals surface area contributed by atoms with E-state index in [1.807, 2.05) is 0 Å². The first kappa shape index (κ1) is 14.8. The number of halogens is 1. The third-order valence-electron chi connectivity index (χ3n) is 2.68. The number of benzene rings is 1. The Morgan fingerprint density at radius 1 is 1.40 bits per heavy atom. The molecule has 0 aliphatic heterocycles. The zero-order valence-electron chi connectivity index (χ0n) is 10.6. The van der Waals surface area contributed by atoms with Gasteiger partial charge in [-0.2, -0.15) is 0 Å². The van der Waals surface area contributed by atoms with Gasteiger partial charge in [0.15, 0.2) is 0 Å². The second-order valence-electron chi connectivity index (χ2n) is 4.23. The molecular formula is C12H15ClN4O2S. The maximum atomic E-state index is 12.1. The van der Waals surface area contributed by atoms with Crippen LogP contribution in [0.2, 0.25) is 5.02 Å². The monoisotopic (exact) mass is 314 g/mol. The highest BCUT2D eigenvalue weighted by molar-refractivity contribution is 7.89. The van der Waals surface area contributed by atoms with Crippen LogP contribution in [0.3, 0.4) is 0 Å². The highest BCUT2D eigenvalue weighted by Crippen LogP contribution is 2.23. The molecule has 1 aromatic heterocycles. The van der Waals surface area contributed by atoms with E-state index in [1.54, 1.807) is 12.4 Å². The number of nitrogen functional groups attached to an aromatic ring is 1. The Morgan fingerprint density at radius 2 is 2.20 bits per heavy atom. The van der Waals surface area contributed by atoms with Crippen LogP contribution in [0.25, 0.3) is 0 Å². The molecule has 0 amide bonds. The molecule has 0 unspecified atom stereocenters. The predicted molar refractivity (Wildman–Crippen MR) is 78.0 cm³/mol. The second kappa shape index (κ2) is 6.25. The molecule has 4 N–H and O–H groups in total. The maximum absolute atomic E-state index is 12.1. The van der Waals surface area contributed by atoms with Crippen LogP contribution < -0.4 is 10.5 Å². The first-order valence-corrected chi connectivity index (χ1v) is 7.88. The average molecular weight is 315 g/mol. The summed E-state index contributed by atoms with van der Waals surface area (Å²) in [7, 11) is -3.62. The van der Waals surface area contributed by atoms with Crippen LogP contribution in [0, 0.1) is 0 Å². The molecule has 2 rings (SSSR count). The van der Waals surface area contributed by atoms with E-state index in [9.17, 15) is 8.42 Å². The number of nitrogens with two attached hydrogens (primary N) is 1. The topological polar surface area (TPSA) is 101 Å². The molecule has 6 nitrogen and oxygen atoms in total. The Morgan fingerprint density at radius 3 is 2.85 bits per heavy atom. The van der Waals surface area contributed by atoms with E-state index in [2.05, 4.69) is 14.7 Å². The normalized spacial score (nSPS) is 11.7. The van der Waals surface area contributed by atoms with E-state index in [1.165, 1.54) is 18.2 Å². The minimum atomic E-state index is -3.62. The van der Waals surface area contributed by atoms with Crippen molar-refractivity contribution in [2.24, 2.45) is 0 Å². The average Bonchev–Trinajstić information content (AvgIpc) is 2.87. The molecule has 0 radical (unpaired) electrons. The number of nitrogens with one attached hydrogen (secondary N) is 2. The summed E-state index contributed by atoms with van der Waals surface area (Å²) in [5, 5.41) is 0.114. The molecule has 108 valence electrons. The van der Waals surface area contributed by atoms with Crippen molar-refractivity contribution in [3.63, 3.8) is 0 Å². The highest BCUT2D eigenvalue weighted by Gasteiger charge is 2.17. The van der Waals surface area contributed by atoms with Crippen molar-refractivity contribution in [1.29, 1.82) is 0 Å². The molecule has 0 saturated carbocycles. The highest BCUT2D eigenvalue weighted by atomic mass is 35.5. The Labute approximate surface area is 122 Å². The molecule has 0 aliphatic rings. The van der Waals surface area contributed by atoms with Crippen molar-refractivity contribution in [2.75, 3.05) is 12.3 Å². The summed E-state index contributed by atoms with van der Waals surface area (Å²) in [4.78, 5) is 7.06. The Balaban J connectivity index is 1.93. The smallest absolute Gasteiger partial charge is 0.242 e. The predicted octanol–water partition coefficient (Wildman–Crippen LogP) is 1.56. The number of imidazole rings is 1. The molecule has 8 heteroatoms. The van der Waals surface area contributed by atoms with Crippen LogP contribution in [0.4, 0.5) is 5.69 Å². The van der Waals surface area contributed by atoms with Crippen molar-refractivity contribution in [2.45, 2.75) is 17.7 Å². The minimum absolute atomic E-state index is 0.0337. The number of nitrogens with zero attached hydrogens (tertiary/aromatic N) is 1. The summed E-state index contributed by atoms with van der Waals surface area (Å²) >= 11 is 5.89. The molecule has 1 aromatic carbocycles. The van der Waals surface area contributed by atoms with Crippen molar-refractivity contribution >= 4 is 27.3 Å². The number of aryl methyl sites for hydroxylation is 1. The van der Waals surface area contributed by atoms with Gasteiger partial charge in [-0.05, 0) is 24.6 Å². The first-order chi connectivity index (χ1) is 9.49. The summed E-state index contributed by atoms with van der Waals surface area (Å²) in [6.45, 7) is 0.309. The van der Waals surface area contributed by atoms with Crippen molar-refractivity contribution in [3.05, 3.63) is 41.4 Å². The largest absolute Gasteiger partial charge is 0.399 e. The van der Waals surface area contributed by atoms with Gasteiger partial charge in [-0.3, -0.25) is 0 Å². The lowest BCUT2D eigenvalue weighted by molar-refractivity contribution is 0.578. The van der Waals surface area contributed by atoms with Gasteiger partial charge < -0.3 is 10.7 Å². The fraction of sp³-hybridized carbons (Fsp3) is 0.250. The third kappa shape index (κ3) is 3.72. The van der Waals surface area contributed by atoms with Crippen LogP contribution in [-0.2, 0) is 16.4 Å². The molecule has 0 spiro atoms. The fourth-order valence-corrected chi connectivity index (χ4v) is 3.33. The molecule has 0 bridgehead atoms. The summed E-state index contributed by atoms with van der Waals surface area (Å²) < 4.78 is 26.6. The number of aromatic amines is 1. The fourth-order valence-electron chi connectivity index (χ4n) is 1.71. The molecule has 2 aromatic rings. The van der Waals surface area contributed by atoms with Crippen molar-refractivity contribution in [1.82, 2.24) is 14.7 Å². The Kier molecular flexibility index (Phi) is 4.64. The second-order valence-corrected chi connectivity index (χ2v) is 6.37. The van der Waals surface area contributed by atoms with E-state index in [0.29, 0.717) is 25.1 Å². The molecule has 0 atom stereocenters. The van der Waals surface area contributed by atoms with Crippen LogP contribution in [0.1, 0.15) is 12.2 Å². The maximum Gasteiger partial charge on any atom is 0.242 e. The number of anilines is 1. The van der Waals surface area contributed by atoms with E-state index >= 15 is 0 Å². The van der Waals surface area contributed by atoms with Gasteiger partial charge >= 0.3 is 0 Å². The molecule has 1 heterocycles. The van der Waals surface area contributed by atoms with Crippen LogP contribution in [0.5, 0.6) is 0 Å². The summed E-state index contributed by atoms with van der Waals surface area (Å²) in [5.74, 6) is 0.828. The van der Waals surface area contributed by atoms with Gasteiger partial charge in [0.25, 0.3) is 0 Å². The number of hydrogen-bond donors (Lipinski definition) is 3. The van der Waals surface area contributed by atoms with Crippen molar-refractivity contribution < 1.29 is 8.42 Å². The molecule has 0 fully saturated rings. The number of sulfonamides is 1. The van der Waals surface area contributed by atoms with Crippen LogP contribution >= 0.6 is 11.6 Å². The van der Waals surface area contributed by atoms with Gasteiger partial charge in [0.2, 0.25) is 10.0 Å². The van der Waals surface area contributed by atoms with Crippen molar-refractivity contribution in [3.8, 4) is 0 Å². The van der Waals surface area contributed by atoms with E-state index in [4.69, 9.17) is 17.3 Å². The van der Waals surface area contributed by atoms with E-state index in [-0.39, 0.29) is 9.92 Å². The SMILES string of the molecule is Nc1ccc(S(=O)(=O)NCCCc2ncc[nH]2)c(Cl)c1. The van der Waals surface area contributed by atoms with Gasteiger partial charge in [-0.25, -0.2) is 18.1 Å². The molecular weight excluding hydrogens is 300 g/mol. The Bertz CT molecular complexity index is 671. The summed E-state index contributed by atoms with van der Waals surface area (Å²) in [6, 6.07) is 4.31. The summed E-state index contributed by atoms with van der Waals surface area (Å²) in [5.41, 5.74) is 5.96. The van der Waals surface area contributed by atoms with Crippen LogP contribution in [0.15, 0.2) is 35.5 Å². The molecule has 0 aliphatic carbocycles. The van der Waals surface area contributed by atoms with Gasteiger partial charge in [0.1, 0.15) is 10.7 Å². The molecule has 0 saturated heterocycles. The van der Waals surface area contributed by atoms with E-state index in [0.717, 1.165) is 5.82 Å². The lowest BCUT2D eigenvalue weighted by atomic mass is 10.3. The lowest BCUT2D eigenvalue weighted by Gasteiger charge is -2.08. The lowest BCUT2D eigenvalue weighted by Crippen LogP contribution is -2.25.